The molecule has 2 aromatic rings. The van der Waals surface area contributed by atoms with Crippen LogP contribution in [0.1, 0.15) is 69.7 Å². The summed E-state index contributed by atoms with van der Waals surface area (Å²) >= 11 is 0. The molecule has 1 aromatic heterocycles. The predicted octanol–water partition coefficient (Wildman–Crippen LogP) is 4.78. The summed E-state index contributed by atoms with van der Waals surface area (Å²) in [4.78, 5) is 28.0. The van der Waals surface area contributed by atoms with E-state index in [1.165, 1.54) is 5.56 Å². The van der Waals surface area contributed by atoms with E-state index in [1.807, 2.05) is 25.1 Å². The zero-order valence-electron chi connectivity index (χ0n) is 21.6. The van der Waals surface area contributed by atoms with Crippen LogP contribution in [0.5, 0.6) is 0 Å². The first-order chi connectivity index (χ1) is 16.1. The maximum absolute atomic E-state index is 13.2. The average Bonchev–Trinajstić information content (AvgIpc) is 3.43. The van der Waals surface area contributed by atoms with E-state index in [1.54, 1.807) is 16.7 Å². The fraction of sp³-hybridized carbons (Fsp3) is 0.593. The number of amides is 2. The number of anilines is 1. The molecule has 2 amide bonds. The van der Waals surface area contributed by atoms with Gasteiger partial charge in [0.05, 0.1) is 17.9 Å². The van der Waals surface area contributed by atoms with Crippen molar-refractivity contribution in [1.29, 1.82) is 0 Å². The van der Waals surface area contributed by atoms with E-state index in [9.17, 15) is 9.59 Å². The van der Waals surface area contributed by atoms with Crippen LogP contribution >= 0.6 is 0 Å². The van der Waals surface area contributed by atoms with Gasteiger partial charge in [0.2, 0.25) is 11.8 Å². The van der Waals surface area contributed by atoms with Crippen molar-refractivity contribution < 1.29 is 14.3 Å². The van der Waals surface area contributed by atoms with Crippen molar-refractivity contribution in [3.05, 3.63) is 41.1 Å². The third-order valence-electron chi connectivity index (χ3n) is 6.45. The van der Waals surface area contributed by atoms with E-state index in [4.69, 9.17) is 9.84 Å². The number of rotatable bonds is 9. The Morgan fingerprint density at radius 3 is 2.50 bits per heavy atom. The lowest BCUT2D eigenvalue weighted by molar-refractivity contribution is -0.138. The van der Waals surface area contributed by atoms with Crippen LogP contribution in [0.4, 0.5) is 5.82 Å². The number of carbonyl (C=O) groups is 2. The third kappa shape index (κ3) is 6.47. The Bertz CT molecular complexity index is 1000. The Kier molecular flexibility index (Phi) is 8.52. The topological polar surface area (TPSA) is 76.5 Å². The summed E-state index contributed by atoms with van der Waals surface area (Å²) in [6.45, 7) is 11.5. The molecular weight excluding hydrogens is 428 g/mol. The lowest BCUT2D eigenvalue weighted by atomic mass is 9.92. The van der Waals surface area contributed by atoms with Gasteiger partial charge in [-0.3, -0.25) is 9.59 Å². The molecule has 0 spiro atoms. The van der Waals surface area contributed by atoms with E-state index < -0.39 is 0 Å². The number of aryl methyl sites for hydroxylation is 2. The molecular formula is C27H40N4O3. The first kappa shape index (κ1) is 25.9. The van der Waals surface area contributed by atoms with Crippen molar-refractivity contribution >= 4 is 17.6 Å². The molecule has 3 rings (SSSR count). The quantitative estimate of drug-likeness (QED) is 0.537. The summed E-state index contributed by atoms with van der Waals surface area (Å²) in [6.07, 6.45) is 4.69. The second kappa shape index (κ2) is 11.2. The predicted molar refractivity (Wildman–Crippen MR) is 135 cm³/mol. The third-order valence-corrected chi connectivity index (χ3v) is 6.45. The van der Waals surface area contributed by atoms with Gasteiger partial charge < -0.3 is 15.0 Å². The van der Waals surface area contributed by atoms with Crippen molar-refractivity contribution in [2.24, 2.45) is 5.92 Å². The Hall–Kier alpha value is -2.67. The number of ether oxygens (including phenoxy) is 1. The highest BCUT2D eigenvalue weighted by Gasteiger charge is 2.29. The monoisotopic (exact) mass is 468 g/mol. The highest BCUT2D eigenvalue weighted by atomic mass is 16.5. The van der Waals surface area contributed by atoms with E-state index in [0.29, 0.717) is 25.4 Å². The first-order valence-corrected chi connectivity index (χ1v) is 12.4. The molecule has 1 fully saturated rings. The second-order valence-electron chi connectivity index (χ2n) is 10.5. The Morgan fingerprint density at radius 2 is 1.88 bits per heavy atom. The molecule has 1 aliphatic carbocycles. The van der Waals surface area contributed by atoms with Crippen molar-refractivity contribution in [3.8, 4) is 5.69 Å². The minimum atomic E-state index is -0.213. The fourth-order valence-corrected chi connectivity index (χ4v) is 4.52. The summed E-state index contributed by atoms with van der Waals surface area (Å²) in [6, 6.07) is 8.12. The number of methoxy groups -OCH3 is 1. The molecule has 1 N–H and O–H groups in total. The normalized spacial score (nSPS) is 14.4. The lowest BCUT2D eigenvalue weighted by Gasteiger charge is -2.25. The van der Waals surface area contributed by atoms with Gasteiger partial charge in [-0.25, -0.2) is 4.68 Å². The minimum Gasteiger partial charge on any atom is -0.385 e. The van der Waals surface area contributed by atoms with Crippen LogP contribution in [-0.4, -0.2) is 53.3 Å². The largest absolute Gasteiger partial charge is 0.385 e. The van der Waals surface area contributed by atoms with Gasteiger partial charge in [0.15, 0.2) is 0 Å². The number of hydrogen-bond donors (Lipinski definition) is 1. The van der Waals surface area contributed by atoms with Gasteiger partial charge in [-0.15, -0.1) is 0 Å². The number of benzene rings is 1. The Balaban J connectivity index is 1.83. The van der Waals surface area contributed by atoms with Crippen LogP contribution < -0.4 is 5.32 Å². The molecule has 1 heterocycles. The molecule has 186 valence electrons. The van der Waals surface area contributed by atoms with Gasteiger partial charge in [-0.1, -0.05) is 51.3 Å². The van der Waals surface area contributed by atoms with Crippen molar-refractivity contribution in [3.63, 3.8) is 0 Å². The molecule has 34 heavy (non-hydrogen) atoms. The number of hydrogen-bond acceptors (Lipinski definition) is 4. The smallest absolute Gasteiger partial charge is 0.245 e. The molecule has 1 aliphatic rings. The summed E-state index contributed by atoms with van der Waals surface area (Å²) in [5, 5.41) is 7.88. The highest BCUT2D eigenvalue weighted by molar-refractivity contribution is 5.94. The van der Waals surface area contributed by atoms with Gasteiger partial charge in [0.25, 0.3) is 0 Å². The molecule has 0 bridgehead atoms. The summed E-state index contributed by atoms with van der Waals surface area (Å²) in [5.41, 5.74) is 3.90. The van der Waals surface area contributed by atoms with Crippen LogP contribution in [0.3, 0.4) is 0 Å². The van der Waals surface area contributed by atoms with Crippen LogP contribution in [0.2, 0.25) is 0 Å². The molecule has 0 atom stereocenters. The molecule has 1 aromatic carbocycles. The molecule has 1 saturated carbocycles. The SMILES string of the molecule is COCCCN(CC(=O)Nc1cc(C(C)(C)C)nn1-c1ccc(C)cc1C)C(=O)C1CCCC1. The summed E-state index contributed by atoms with van der Waals surface area (Å²) in [7, 11) is 1.65. The van der Waals surface area contributed by atoms with Crippen LogP contribution in [-0.2, 0) is 19.7 Å². The van der Waals surface area contributed by atoms with Crippen molar-refractivity contribution in [1.82, 2.24) is 14.7 Å². The van der Waals surface area contributed by atoms with E-state index in [2.05, 4.69) is 39.1 Å². The molecule has 0 aliphatic heterocycles. The average molecular weight is 469 g/mol. The van der Waals surface area contributed by atoms with Crippen LogP contribution in [0.15, 0.2) is 24.3 Å². The Morgan fingerprint density at radius 1 is 1.18 bits per heavy atom. The van der Waals surface area contributed by atoms with E-state index in [0.717, 1.165) is 42.6 Å². The molecule has 0 unspecified atom stereocenters. The van der Waals surface area contributed by atoms with Gasteiger partial charge in [0, 0.05) is 37.7 Å². The van der Waals surface area contributed by atoms with Crippen LogP contribution in [0.25, 0.3) is 5.69 Å². The van der Waals surface area contributed by atoms with Gasteiger partial charge in [0.1, 0.15) is 5.82 Å². The first-order valence-electron chi connectivity index (χ1n) is 12.4. The lowest BCUT2D eigenvalue weighted by Crippen LogP contribution is -2.41. The Labute approximate surface area is 203 Å². The molecule has 0 saturated heterocycles. The van der Waals surface area contributed by atoms with E-state index >= 15 is 0 Å². The van der Waals surface area contributed by atoms with Gasteiger partial charge >= 0.3 is 0 Å². The molecule has 7 heteroatoms. The van der Waals surface area contributed by atoms with Gasteiger partial charge in [-0.05, 0) is 44.7 Å². The zero-order valence-corrected chi connectivity index (χ0v) is 21.6. The highest BCUT2D eigenvalue weighted by Crippen LogP contribution is 2.29. The number of aromatic nitrogens is 2. The minimum absolute atomic E-state index is 0.0297. The summed E-state index contributed by atoms with van der Waals surface area (Å²) < 4.78 is 6.97. The zero-order chi connectivity index (χ0) is 24.9. The van der Waals surface area contributed by atoms with Gasteiger partial charge in [-0.2, -0.15) is 5.10 Å². The fourth-order valence-electron chi connectivity index (χ4n) is 4.52. The maximum Gasteiger partial charge on any atom is 0.245 e. The molecule has 0 radical (unpaired) electrons. The summed E-state index contributed by atoms with van der Waals surface area (Å²) in [5.74, 6) is 0.521. The van der Waals surface area contributed by atoms with Crippen molar-refractivity contribution in [2.75, 3.05) is 32.1 Å². The van der Waals surface area contributed by atoms with Crippen molar-refractivity contribution in [2.45, 2.75) is 72.1 Å². The van der Waals surface area contributed by atoms with E-state index in [-0.39, 0.29) is 29.7 Å². The number of nitrogens with zero attached hydrogens (tertiary/aromatic N) is 3. The van der Waals surface area contributed by atoms with Crippen LogP contribution in [0, 0.1) is 19.8 Å². The maximum atomic E-state index is 13.2. The number of nitrogens with one attached hydrogen (secondary N) is 1. The standard InChI is InChI=1S/C27H40N4O3/c1-19-12-13-22(20(2)16-19)31-24(17-23(29-31)27(3,4)5)28-25(32)18-30(14-9-15-34-6)26(33)21-10-7-8-11-21/h12-13,16-17,21H,7-11,14-15,18H2,1-6H3,(H,28,32). The number of carbonyl (C=O) groups excluding carboxylic acids is 2. The second-order valence-corrected chi connectivity index (χ2v) is 10.5. The molecule has 7 nitrogen and oxygen atoms in total.